The van der Waals surface area contributed by atoms with Gasteiger partial charge in [-0.3, -0.25) is 20.2 Å². The molecule has 0 aliphatic heterocycles. The molecule has 0 aliphatic rings. The first-order valence-electron chi connectivity index (χ1n) is 5.58. The molecule has 0 radical (unpaired) electrons. The fraction of sp³-hybridized carbons (Fsp3) is 0.400. The third-order valence-corrected chi connectivity index (χ3v) is 4.70. The average Bonchev–Trinajstić information content (AvgIpc) is 2.45. The minimum Gasteiger partial charge on any atom is -0.480 e. The molecule has 0 amide bonds. The van der Waals surface area contributed by atoms with E-state index < -0.39 is 30.3 Å². The van der Waals surface area contributed by atoms with E-state index in [1.807, 2.05) is 0 Å². The Morgan fingerprint density at radius 3 is 1.62 bits per heavy atom. The van der Waals surface area contributed by atoms with Crippen molar-refractivity contribution in [3.05, 3.63) is 37.9 Å². The Hall–Kier alpha value is -2.08. The minimum atomic E-state index is -3.54. The molecule has 0 spiro atoms. The summed E-state index contributed by atoms with van der Waals surface area (Å²) in [6.07, 6.45) is 0. The van der Waals surface area contributed by atoms with Gasteiger partial charge < -0.3 is 17.7 Å². The first-order chi connectivity index (χ1) is 9.80. The lowest BCUT2D eigenvalue weighted by molar-refractivity contribution is -0.395. The number of rotatable bonds is 7. The number of benzene rings is 1. The van der Waals surface area contributed by atoms with Gasteiger partial charge in [-0.05, 0) is 6.92 Å². The highest BCUT2D eigenvalue weighted by Crippen LogP contribution is 2.34. The molecule has 0 N–H and O–H groups in total. The number of nitro benzene ring substituents is 2. The van der Waals surface area contributed by atoms with Crippen LogP contribution in [-0.2, 0) is 13.3 Å². The second-order valence-corrected chi connectivity index (χ2v) is 6.24. The number of nitro groups is 2. The van der Waals surface area contributed by atoms with Crippen molar-refractivity contribution in [2.75, 3.05) is 21.3 Å². The zero-order valence-electron chi connectivity index (χ0n) is 11.8. The predicted octanol–water partition coefficient (Wildman–Crippen LogP) is 1.57. The van der Waals surface area contributed by atoms with Gasteiger partial charge in [0, 0.05) is 21.3 Å². The van der Waals surface area contributed by atoms with E-state index in [0.717, 1.165) is 12.1 Å². The summed E-state index contributed by atoms with van der Waals surface area (Å²) in [7, 11) is 0.286. The molecule has 0 aromatic heterocycles. The van der Waals surface area contributed by atoms with Gasteiger partial charge in [0.1, 0.15) is 11.3 Å². The number of hydrogen-bond acceptors (Lipinski definition) is 8. The second kappa shape index (κ2) is 6.58. The third kappa shape index (κ3) is 3.52. The van der Waals surface area contributed by atoms with E-state index in [0.29, 0.717) is 0 Å². The van der Waals surface area contributed by atoms with Gasteiger partial charge in [-0.1, -0.05) is 0 Å². The summed E-state index contributed by atoms with van der Waals surface area (Å²) in [5.41, 5.74) is -0.951. The van der Waals surface area contributed by atoms with Crippen LogP contribution in [0.4, 0.5) is 11.4 Å². The lowest BCUT2D eigenvalue weighted by atomic mass is 10.1. The normalized spacial score (nSPS) is 11.2. The zero-order valence-corrected chi connectivity index (χ0v) is 12.8. The van der Waals surface area contributed by atoms with Crippen molar-refractivity contribution in [2.45, 2.75) is 6.92 Å². The molecule has 0 bridgehead atoms. The maximum absolute atomic E-state index is 11.0. The Labute approximate surface area is 121 Å². The van der Waals surface area contributed by atoms with Crippen LogP contribution in [0.3, 0.4) is 0 Å². The van der Waals surface area contributed by atoms with Crippen molar-refractivity contribution in [2.24, 2.45) is 0 Å². The van der Waals surface area contributed by atoms with Crippen LogP contribution in [-0.4, -0.2) is 40.2 Å². The van der Waals surface area contributed by atoms with Crippen LogP contribution in [0.1, 0.15) is 5.56 Å². The van der Waals surface area contributed by atoms with Crippen molar-refractivity contribution in [3.63, 3.8) is 0 Å². The molecule has 116 valence electrons. The standard InChI is InChI=1S/C10H14N2O8Si/c1-7-9(11(13)14)5-8(6-10(7)12(15)16)20-21(17-2,18-3)19-4/h5-6H,1-4H3. The summed E-state index contributed by atoms with van der Waals surface area (Å²) in [5, 5.41) is 21.9. The number of nitrogens with zero attached hydrogens (tertiary/aromatic N) is 2. The van der Waals surface area contributed by atoms with Gasteiger partial charge >= 0.3 is 9.05 Å². The molecule has 0 heterocycles. The largest absolute Gasteiger partial charge is 0.748 e. The molecule has 1 rings (SSSR count). The van der Waals surface area contributed by atoms with Crippen LogP contribution < -0.4 is 4.43 Å². The highest BCUT2D eigenvalue weighted by Gasteiger charge is 2.46. The van der Waals surface area contributed by atoms with E-state index in [-0.39, 0.29) is 11.3 Å². The Bertz CT molecular complexity index is 517. The minimum absolute atomic E-state index is 0.0723. The van der Waals surface area contributed by atoms with Crippen molar-refractivity contribution >= 4 is 20.4 Å². The van der Waals surface area contributed by atoms with E-state index in [1.54, 1.807) is 0 Å². The Morgan fingerprint density at radius 1 is 0.952 bits per heavy atom. The molecule has 1 aromatic rings. The van der Waals surface area contributed by atoms with E-state index in [2.05, 4.69) is 0 Å². The van der Waals surface area contributed by atoms with Crippen molar-refractivity contribution in [1.82, 2.24) is 0 Å². The molecule has 21 heavy (non-hydrogen) atoms. The third-order valence-electron chi connectivity index (χ3n) is 2.71. The zero-order chi connectivity index (χ0) is 16.2. The van der Waals surface area contributed by atoms with Crippen molar-refractivity contribution in [3.8, 4) is 5.75 Å². The fourth-order valence-corrected chi connectivity index (χ4v) is 2.77. The van der Waals surface area contributed by atoms with Gasteiger partial charge in [0.15, 0.2) is 0 Å². The summed E-state index contributed by atoms with van der Waals surface area (Å²) in [6, 6.07) is 2.11. The molecule has 0 unspecified atom stereocenters. The molecular weight excluding hydrogens is 304 g/mol. The lowest BCUT2D eigenvalue weighted by Crippen LogP contribution is -2.49. The summed E-state index contributed by atoms with van der Waals surface area (Å²) in [6.45, 7) is 1.29. The number of hydrogen-bond donors (Lipinski definition) is 0. The first-order valence-corrected chi connectivity index (χ1v) is 7.21. The van der Waals surface area contributed by atoms with Crippen LogP contribution in [0.2, 0.25) is 0 Å². The molecule has 0 atom stereocenters. The lowest BCUT2D eigenvalue weighted by Gasteiger charge is -2.23. The average molecular weight is 318 g/mol. The summed E-state index contributed by atoms with van der Waals surface area (Å²) in [5.74, 6) is -0.142. The molecule has 0 aliphatic carbocycles. The maximum Gasteiger partial charge on any atom is 0.748 e. The van der Waals surface area contributed by atoms with Gasteiger partial charge in [0.25, 0.3) is 11.4 Å². The van der Waals surface area contributed by atoms with Gasteiger partial charge in [-0.25, -0.2) is 0 Å². The summed E-state index contributed by atoms with van der Waals surface area (Å²) in [4.78, 5) is 20.5. The van der Waals surface area contributed by atoms with Crippen LogP contribution >= 0.6 is 0 Å². The van der Waals surface area contributed by atoms with Gasteiger partial charge in [0.2, 0.25) is 0 Å². The molecule has 10 nitrogen and oxygen atoms in total. The molecule has 1 aromatic carbocycles. The summed E-state index contributed by atoms with van der Waals surface area (Å²) >= 11 is 0. The summed E-state index contributed by atoms with van der Waals surface area (Å²) < 4.78 is 20.4. The van der Waals surface area contributed by atoms with Gasteiger partial charge in [-0.2, -0.15) is 0 Å². The smallest absolute Gasteiger partial charge is 0.480 e. The molecule has 0 fully saturated rings. The Morgan fingerprint density at radius 2 is 1.33 bits per heavy atom. The van der Waals surface area contributed by atoms with Crippen molar-refractivity contribution in [1.29, 1.82) is 0 Å². The highest BCUT2D eigenvalue weighted by atomic mass is 28.4. The molecule has 0 saturated heterocycles. The van der Waals surface area contributed by atoms with Crippen LogP contribution in [0.15, 0.2) is 12.1 Å². The monoisotopic (exact) mass is 318 g/mol. The highest BCUT2D eigenvalue weighted by molar-refractivity contribution is 6.54. The van der Waals surface area contributed by atoms with E-state index in [9.17, 15) is 20.2 Å². The fourth-order valence-electron chi connectivity index (χ4n) is 1.62. The van der Waals surface area contributed by atoms with E-state index in [4.69, 9.17) is 17.7 Å². The first kappa shape index (κ1) is 17.0. The predicted molar refractivity (Wildman–Crippen MR) is 71.9 cm³/mol. The second-order valence-electron chi connectivity index (χ2n) is 3.82. The molecule has 11 heteroatoms. The topological polar surface area (TPSA) is 123 Å². The SMILES string of the molecule is CO[Si](OC)(OC)Oc1cc([N+](=O)[O-])c(C)c([N+](=O)[O-])c1. The Kier molecular flexibility index (Phi) is 5.32. The van der Waals surface area contributed by atoms with Crippen molar-refractivity contribution < 1.29 is 27.6 Å². The molecule has 0 saturated carbocycles. The quantitative estimate of drug-likeness (QED) is 0.421. The van der Waals surface area contributed by atoms with Gasteiger partial charge in [0.05, 0.1) is 22.0 Å². The molecular formula is C10H14N2O8Si. The van der Waals surface area contributed by atoms with Gasteiger partial charge in [-0.15, -0.1) is 0 Å². The van der Waals surface area contributed by atoms with E-state index in [1.165, 1.54) is 28.3 Å². The van der Waals surface area contributed by atoms with E-state index >= 15 is 0 Å². The van der Waals surface area contributed by atoms with Crippen LogP contribution in [0.25, 0.3) is 0 Å². The van der Waals surface area contributed by atoms with Crippen LogP contribution in [0, 0.1) is 27.2 Å². The Balaban J connectivity index is 3.37. The van der Waals surface area contributed by atoms with Crippen LogP contribution in [0.5, 0.6) is 5.75 Å². The maximum atomic E-state index is 11.0.